The molecule has 1 heterocycles. The lowest BCUT2D eigenvalue weighted by Gasteiger charge is -2.14. The molecule has 1 N–H and O–H groups in total. The predicted molar refractivity (Wildman–Crippen MR) is 72.5 cm³/mol. The number of hydrogen-bond donors (Lipinski definition) is 1. The first kappa shape index (κ1) is 13.1. The van der Waals surface area contributed by atoms with E-state index in [9.17, 15) is 4.39 Å². The average molecular weight is 265 g/mol. The number of hydrogen-bond acceptors (Lipinski definition) is 3. The minimum absolute atomic E-state index is 0.104. The van der Waals surface area contributed by atoms with Gasteiger partial charge in [0.15, 0.2) is 11.6 Å². The normalized spacial score (nSPS) is 12.4. The van der Waals surface area contributed by atoms with Crippen LogP contribution in [0.25, 0.3) is 0 Å². The topological polar surface area (TPSA) is 21.3 Å². The highest BCUT2D eigenvalue weighted by Gasteiger charge is 2.09. The summed E-state index contributed by atoms with van der Waals surface area (Å²) in [5.41, 5.74) is 0.921. The molecule has 0 aliphatic rings. The lowest BCUT2D eigenvalue weighted by atomic mass is 10.1. The van der Waals surface area contributed by atoms with Crippen molar-refractivity contribution in [3.8, 4) is 5.75 Å². The van der Waals surface area contributed by atoms with Crippen molar-refractivity contribution in [2.24, 2.45) is 0 Å². The van der Waals surface area contributed by atoms with Crippen molar-refractivity contribution in [3.05, 3.63) is 52.0 Å². The van der Waals surface area contributed by atoms with E-state index in [2.05, 4.69) is 16.8 Å². The molecule has 0 amide bonds. The lowest BCUT2D eigenvalue weighted by Crippen LogP contribution is -2.17. The number of benzene rings is 1. The summed E-state index contributed by atoms with van der Waals surface area (Å²) in [4.78, 5) is 1.27. The Kier molecular flexibility index (Phi) is 4.33. The average Bonchev–Trinajstić information content (AvgIpc) is 2.89. The van der Waals surface area contributed by atoms with Crippen LogP contribution < -0.4 is 10.1 Å². The smallest absolute Gasteiger partial charge is 0.165 e. The van der Waals surface area contributed by atoms with Crippen LogP contribution in [0.15, 0.2) is 35.7 Å². The Morgan fingerprint density at radius 3 is 2.83 bits per heavy atom. The molecule has 96 valence electrons. The van der Waals surface area contributed by atoms with Gasteiger partial charge in [0.2, 0.25) is 0 Å². The van der Waals surface area contributed by atoms with Gasteiger partial charge in [0, 0.05) is 17.5 Å². The van der Waals surface area contributed by atoms with E-state index >= 15 is 0 Å². The molecule has 0 saturated heterocycles. The largest absolute Gasteiger partial charge is 0.494 e. The van der Waals surface area contributed by atoms with E-state index in [4.69, 9.17) is 4.74 Å². The maximum absolute atomic E-state index is 13.6. The molecule has 1 aromatic carbocycles. The number of thiophene rings is 1. The molecule has 0 radical (unpaired) electrons. The number of halogens is 1. The summed E-state index contributed by atoms with van der Waals surface area (Å²) in [7, 11) is 1.47. The second kappa shape index (κ2) is 5.98. The summed E-state index contributed by atoms with van der Waals surface area (Å²) in [6.45, 7) is 2.82. The summed E-state index contributed by atoms with van der Waals surface area (Å²) in [6, 6.07) is 9.28. The van der Waals surface area contributed by atoms with Gasteiger partial charge in [-0.1, -0.05) is 12.1 Å². The highest BCUT2D eigenvalue weighted by atomic mass is 32.1. The second-order valence-electron chi connectivity index (χ2n) is 4.08. The maximum atomic E-state index is 13.6. The van der Waals surface area contributed by atoms with Crippen LogP contribution in [-0.4, -0.2) is 7.11 Å². The van der Waals surface area contributed by atoms with Gasteiger partial charge in [0.25, 0.3) is 0 Å². The summed E-state index contributed by atoms with van der Waals surface area (Å²) in [6.07, 6.45) is 0. The molecule has 2 aromatic rings. The third-order valence-electron chi connectivity index (χ3n) is 2.84. The van der Waals surface area contributed by atoms with Crippen LogP contribution >= 0.6 is 11.3 Å². The fraction of sp³-hybridized carbons (Fsp3) is 0.286. The Balaban J connectivity index is 2.00. The van der Waals surface area contributed by atoms with Crippen molar-refractivity contribution >= 4 is 11.3 Å². The second-order valence-corrected chi connectivity index (χ2v) is 5.11. The molecule has 0 bridgehead atoms. The predicted octanol–water partition coefficient (Wildman–Crippen LogP) is 3.75. The molecule has 0 saturated carbocycles. The zero-order chi connectivity index (χ0) is 13.0. The molecule has 1 atom stereocenters. The van der Waals surface area contributed by atoms with E-state index in [1.54, 1.807) is 17.4 Å². The number of rotatable bonds is 5. The van der Waals surface area contributed by atoms with Gasteiger partial charge in [-0.3, -0.25) is 0 Å². The zero-order valence-corrected chi connectivity index (χ0v) is 11.3. The van der Waals surface area contributed by atoms with Crippen molar-refractivity contribution in [3.63, 3.8) is 0 Å². The Morgan fingerprint density at radius 1 is 1.39 bits per heavy atom. The van der Waals surface area contributed by atoms with Crippen LogP contribution in [0.1, 0.15) is 23.4 Å². The Morgan fingerprint density at radius 2 is 2.22 bits per heavy atom. The molecule has 0 aliphatic carbocycles. The molecule has 18 heavy (non-hydrogen) atoms. The van der Waals surface area contributed by atoms with Crippen LogP contribution in [0, 0.1) is 5.82 Å². The first-order valence-electron chi connectivity index (χ1n) is 5.80. The third-order valence-corrected chi connectivity index (χ3v) is 3.71. The van der Waals surface area contributed by atoms with Crippen molar-refractivity contribution in [2.45, 2.75) is 19.5 Å². The van der Waals surface area contributed by atoms with Gasteiger partial charge in [-0.05, 0) is 36.1 Å². The summed E-state index contributed by atoms with van der Waals surface area (Å²) in [5, 5.41) is 5.42. The lowest BCUT2D eigenvalue weighted by molar-refractivity contribution is 0.385. The van der Waals surface area contributed by atoms with Crippen molar-refractivity contribution < 1.29 is 9.13 Å². The molecule has 0 spiro atoms. The Bertz CT molecular complexity index is 499. The fourth-order valence-corrected chi connectivity index (χ4v) is 2.39. The van der Waals surface area contributed by atoms with Gasteiger partial charge < -0.3 is 10.1 Å². The molecule has 0 aliphatic heterocycles. The van der Waals surface area contributed by atoms with E-state index in [0.29, 0.717) is 0 Å². The third kappa shape index (κ3) is 3.09. The summed E-state index contributed by atoms with van der Waals surface area (Å²) >= 11 is 1.71. The molecular formula is C14H16FNOS. The molecule has 2 rings (SSSR count). The van der Waals surface area contributed by atoms with Gasteiger partial charge in [-0.25, -0.2) is 4.39 Å². The molecule has 1 aromatic heterocycles. The van der Waals surface area contributed by atoms with Crippen LogP contribution in [-0.2, 0) is 6.54 Å². The monoisotopic (exact) mass is 265 g/mol. The van der Waals surface area contributed by atoms with Crippen molar-refractivity contribution in [1.82, 2.24) is 5.32 Å². The van der Waals surface area contributed by atoms with Crippen LogP contribution in [0.2, 0.25) is 0 Å². The first-order valence-corrected chi connectivity index (χ1v) is 6.68. The SMILES string of the molecule is COc1ccc(C(C)NCc2cccs2)cc1F. The van der Waals surface area contributed by atoms with Crippen LogP contribution in [0.3, 0.4) is 0 Å². The number of ether oxygens (including phenoxy) is 1. The van der Waals surface area contributed by atoms with Gasteiger partial charge in [0.1, 0.15) is 0 Å². The van der Waals surface area contributed by atoms with Crippen molar-refractivity contribution in [1.29, 1.82) is 0 Å². The first-order chi connectivity index (χ1) is 8.70. The quantitative estimate of drug-likeness (QED) is 0.889. The zero-order valence-electron chi connectivity index (χ0n) is 10.4. The standard InChI is InChI=1S/C14H16FNOS/c1-10(16-9-12-4-3-7-18-12)11-5-6-14(17-2)13(15)8-11/h3-8,10,16H,9H2,1-2H3. The van der Waals surface area contributed by atoms with Crippen molar-refractivity contribution in [2.75, 3.05) is 7.11 Å². The Labute approximate surface area is 110 Å². The summed E-state index contributed by atoms with van der Waals surface area (Å²) < 4.78 is 18.5. The highest BCUT2D eigenvalue weighted by Crippen LogP contribution is 2.22. The van der Waals surface area contributed by atoms with E-state index < -0.39 is 0 Å². The van der Waals surface area contributed by atoms with Gasteiger partial charge >= 0.3 is 0 Å². The minimum Gasteiger partial charge on any atom is -0.494 e. The minimum atomic E-state index is -0.320. The van der Waals surface area contributed by atoms with Gasteiger partial charge in [0.05, 0.1) is 7.11 Å². The fourth-order valence-electron chi connectivity index (χ4n) is 1.74. The summed E-state index contributed by atoms with van der Waals surface area (Å²) in [5.74, 6) is -0.0380. The number of methoxy groups -OCH3 is 1. The van der Waals surface area contributed by atoms with Crippen LogP contribution in [0.4, 0.5) is 4.39 Å². The molecule has 2 nitrogen and oxygen atoms in total. The van der Waals surface area contributed by atoms with E-state index in [0.717, 1.165) is 12.1 Å². The molecule has 0 fully saturated rings. The molecular weight excluding hydrogens is 249 g/mol. The molecule has 4 heteroatoms. The Hall–Kier alpha value is -1.39. The van der Waals surface area contributed by atoms with E-state index in [-0.39, 0.29) is 17.6 Å². The van der Waals surface area contributed by atoms with Gasteiger partial charge in [-0.2, -0.15) is 0 Å². The maximum Gasteiger partial charge on any atom is 0.165 e. The van der Waals surface area contributed by atoms with E-state index in [1.807, 2.05) is 19.1 Å². The number of nitrogens with one attached hydrogen (secondary N) is 1. The highest BCUT2D eigenvalue weighted by molar-refractivity contribution is 7.09. The molecule has 1 unspecified atom stereocenters. The van der Waals surface area contributed by atoms with E-state index in [1.165, 1.54) is 18.1 Å². The van der Waals surface area contributed by atoms with Gasteiger partial charge in [-0.15, -0.1) is 11.3 Å². The van der Waals surface area contributed by atoms with Crippen LogP contribution in [0.5, 0.6) is 5.75 Å².